The molecule has 0 radical (unpaired) electrons. The maximum atomic E-state index is 7.85. The molecule has 0 aliphatic carbocycles. The van der Waals surface area contributed by atoms with Crippen LogP contribution in [0.4, 0.5) is 11.4 Å². The second kappa shape index (κ2) is 7.99. The molecule has 4 heteroatoms. The molecule has 2 aliphatic heterocycles. The Hall–Kier alpha value is -4.10. The molecule has 2 aliphatic rings. The van der Waals surface area contributed by atoms with E-state index in [0.717, 1.165) is 41.4 Å². The van der Waals surface area contributed by atoms with Gasteiger partial charge in [0.05, 0.1) is 17.3 Å². The van der Waals surface area contributed by atoms with Gasteiger partial charge in [-0.2, -0.15) is 4.58 Å². The molecule has 6 rings (SSSR count). The lowest BCUT2D eigenvalue weighted by Gasteiger charge is -2.18. The van der Waals surface area contributed by atoms with Crippen molar-refractivity contribution in [2.24, 2.45) is 0 Å². The number of benzene rings is 4. The molecular weight excluding hydrogens is 430 g/mol. The van der Waals surface area contributed by atoms with Crippen molar-refractivity contribution < 1.29 is 9.31 Å². The molecule has 4 aromatic rings. The van der Waals surface area contributed by atoms with Crippen LogP contribution in [0.15, 0.2) is 84.8 Å². The highest BCUT2D eigenvalue weighted by Gasteiger charge is 2.52. The topological polar surface area (TPSA) is 19.8 Å². The first-order valence-corrected chi connectivity index (χ1v) is 12.2. The number of hydrogen-bond acceptors (Lipinski definition) is 2. The van der Waals surface area contributed by atoms with E-state index in [4.69, 9.17) is 11.3 Å². The van der Waals surface area contributed by atoms with E-state index in [9.17, 15) is 0 Å². The second-order valence-corrected chi connectivity index (χ2v) is 9.64. The number of anilines is 1. The largest absolute Gasteiger partial charge is 0.438 e. The summed E-state index contributed by atoms with van der Waals surface area (Å²) in [6.07, 6.45) is 3.18. The van der Waals surface area contributed by atoms with Crippen LogP contribution in [0.1, 0.15) is 25.8 Å². The van der Waals surface area contributed by atoms with Gasteiger partial charge in [-0.25, -0.2) is 6.57 Å². The number of hydrogen-bond donors (Lipinski definition) is 0. The quantitative estimate of drug-likeness (QED) is 0.241. The summed E-state index contributed by atoms with van der Waals surface area (Å²) in [5, 5.41) is 4.71. The first kappa shape index (κ1) is 21.4. The van der Waals surface area contributed by atoms with Crippen LogP contribution < -0.4 is 9.64 Å². The minimum Gasteiger partial charge on any atom is -0.438 e. The van der Waals surface area contributed by atoms with Gasteiger partial charge in [0.25, 0.3) is 0 Å². The number of allylic oxidation sites excluding steroid dienone is 1. The van der Waals surface area contributed by atoms with Crippen molar-refractivity contribution in [3.05, 3.63) is 102 Å². The third-order valence-electron chi connectivity index (χ3n) is 7.47. The average Bonchev–Trinajstić information content (AvgIpc) is 3.32. The van der Waals surface area contributed by atoms with Crippen molar-refractivity contribution in [3.8, 4) is 5.75 Å². The molecule has 0 spiro atoms. The highest BCUT2D eigenvalue weighted by molar-refractivity contribution is 6.09. The third kappa shape index (κ3) is 3.08. The summed E-state index contributed by atoms with van der Waals surface area (Å²) in [6.45, 7) is 13.5. The fourth-order valence-corrected chi connectivity index (χ4v) is 5.78. The SMILES string of the molecule is [C-]#[N+]CC1(C)C(/C=C2\Oc3c(ccc4ccccc34)N2C)=[N+](CCC)c2ccc3ccccc3c21. The monoisotopic (exact) mass is 458 g/mol. The van der Waals surface area contributed by atoms with Crippen LogP contribution in [0, 0.1) is 6.57 Å². The van der Waals surface area contributed by atoms with Gasteiger partial charge in [0.2, 0.25) is 23.8 Å². The Kier molecular flexibility index (Phi) is 4.89. The van der Waals surface area contributed by atoms with E-state index in [1.165, 1.54) is 27.4 Å². The number of nitrogens with zero attached hydrogens (tertiary/aromatic N) is 3. The Morgan fingerprint density at radius 1 is 0.971 bits per heavy atom. The lowest BCUT2D eigenvalue weighted by molar-refractivity contribution is -0.437. The Morgan fingerprint density at radius 3 is 2.40 bits per heavy atom. The van der Waals surface area contributed by atoms with Gasteiger partial charge in [-0.1, -0.05) is 61.5 Å². The fourth-order valence-electron chi connectivity index (χ4n) is 5.78. The maximum absolute atomic E-state index is 7.85. The number of rotatable bonds is 4. The number of fused-ring (bicyclic) bond motifs is 6. The van der Waals surface area contributed by atoms with Crippen LogP contribution in [-0.2, 0) is 5.41 Å². The van der Waals surface area contributed by atoms with Crippen LogP contribution >= 0.6 is 0 Å². The van der Waals surface area contributed by atoms with Crippen LogP contribution in [0.2, 0.25) is 0 Å². The van der Waals surface area contributed by atoms with Crippen LogP contribution in [-0.4, -0.2) is 30.4 Å². The van der Waals surface area contributed by atoms with E-state index < -0.39 is 5.41 Å². The van der Waals surface area contributed by atoms with Gasteiger partial charge in [0, 0.05) is 24.9 Å². The Morgan fingerprint density at radius 2 is 1.66 bits per heavy atom. The van der Waals surface area contributed by atoms with E-state index in [2.05, 4.69) is 114 Å². The van der Waals surface area contributed by atoms with E-state index in [0.29, 0.717) is 6.54 Å². The molecule has 4 nitrogen and oxygen atoms in total. The van der Waals surface area contributed by atoms with Gasteiger partial charge in [0.1, 0.15) is 6.54 Å². The highest BCUT2D eigenvalue weighted by atomic mass is 16.5. The van der Waals surface area contributed by atoms with Gasteiger partial charge < -0.3 is 14.5 Å². The Bertz CT molecular complexity index is 1610. The minimum absolute atomic E-state index is 0.382. The normalized spacial score (nSPS) is 19.8. The van der Waals surface area contributed by atoms with Crippen LogP contribution in [0.3, 0.4) is 0 Å². The van der Waals surface area contributed by atoms with Crippen molar-refractivity contribution >= 4 is 38.6 Å². The van der Waals surface area contributed by atoms with Crippen LogP contribution in [0.25, 0.3) is 26.4 Å². The average molecular weight is 459 g/mol. The summed E-state index contributed by atoms with van der Waals surface area (Å²) in [5.41, 5.74) is 4.19. The van der Waals surface area contributed by atoms with Crippen molar-refractivity contribution in [2.75, 3.05) is 25.0 Å². The molecule has 0 saturated carbocycles. The molecule has 1 unspecified atom stereocenters. The maximum Gasteiger partial charge on any atom is 0.234 e. The third-order valence-corrected chi connectivity index (χ3v) is 7.47. The van der Waals surface area contributed by atoms with Gasteiger partial charge in [-0.3, -0.25) is 0 Å². The number of ether oxygens (including phenoxy) is 1. The molecule has 4 aromatic carbocycles. The molecule has 0 aromatic heterocycles. The van der Waals surface area contributed by atoms with Crippen molar-refractivity contribution in [1.29, 1.82) is 0 Å². The van der Waals surface area contributed by atoms with Crippen molar-refractivity contribution in [1.82, 2.24) is 0 Å². The van der Waals surface area contributed by atoms with Gasteiger partial charge in [-0.15, -0.1) is 0 Å². The van der Waals surface area contributed by atoms with E-state index in [1.54, 1.807) is 0 Å². The molecule has 35 heavy (non-hydrogen) atoms. The van der Waals surface area contributed by atoms with E-state index in [1.807, 2.05) is 0 Å². The summed E-state index contributed by atoms with van der Waals surface area (Å²) in [6, 6.07) is 25.6. The van der Waals surface area contributed by atoms with Crippen LogP contribution in [0.5, 0.6) is 5.75 Å². The Balaban J connectivity index is 1.56. The molecule has 172 valence electrons. The van der Waals surface area contributed by atoms with Crippen molar-refractivity contribution in [2.45, 2.75) is 25.7 Å². The molecule has 0 saturated heterocycles. The molecule has 2 heterocycles. The fraction of sp³-hybridized carbons (Fsp3) is 0.226. The molecule has 0 fully saturated rings. The summed E-state index contributed by atoms with van der Waals surface area (Å²) in [7, 11) is 2.06. The zero-order chi connectivity index (χ0) is 24.2. The first-order chi connectivity index (χ1) is 17.1. The predicted octanol–water partition coefficient (Wildman–Crippen LogP) is 7.05. The van der Waals surface area contributed by atoms with Crippen molar-refractivity contribution in [3.63, 3.8) is 0 Å². The lowest BCUT2D eigenvalue weighted by atomic mass is 9.77. The summed E-state index contributed by atoms with van der Waals surface area (Å²) < 4.78 is 8.94. The van der Waals surface area contributed by atoms with Gasteiger partial charge >= 0.3 is 0 Å². The van der Waals surface area contributed by atoms with E-state index >= 15 is 0 Å². The lowest BCUT2D eigenvalue weighted by Crippen LogP contribution is -2.35. The molecule has 0 bridgehead atoms. The molecule has 0 amide bonds. The second-order valence-electron chi connectivity index (χ2n) is 9.64. The summed E-state index contributed by atoms with van der Waals surface area (Å²) in [5.74, 6) is 1.69. The van der Waals surface area contributed by atoms with Gasteiger partial charge in [-0.05, 0) is 35.2 Å². The Labute approximate surface area is 206 Å². The van der Waals surface area contributed by atoms with Gasteiger partial charge in [0.15, 0.2) is 11.2 Å². The minimum atomic E-state index is -0.443. The molecular formula is C31H28N3O+. The first-order valence-electron chi connectivity index (χ1n) is 12.2. The molecule has 1 atom stereocenters. The zero-order valence-electron chi connectivity index (χ0n) is 20.4. The summed E-state index contributed by atoms with van der Waals surface area (Å²) in [4.78, 5) is 6.06. The summed E-state index contributed by atoms with van der Waals surface area (Å²) >= 11 is 0. The highest BCUT2D eigenvalue weighted by Crippen LogP contribution is 2.47. The standard InChI is InChI=1S/C31H28N3O/c1-5-18-34-25-16-14-21-10-6-8-12-23(21)29(25)31(2,20-32-3)27(34)19-28-33(4)26-17-15-22-11-7-9-13-24(22)30(26)35-28/h6-17,19H,5,18,20H2,1-2,4H3/q+1. The zero-order valence-corrected chi connectivity index (χ0v) is 20.4. The molecule has 0 N–H and O–H groups in total. The smallest absolute Gasteiger partial charge is 0.234 e. The predicted molar refractivity (Wildman–Crippen MR) is 144 cm³/mol. The van der Waals surface area contributed by atoms with E-state index in [-0.39, 0.29) is 0 Å².